The van der Waals surface area contributed by atoms with Crippen LogP contribution in [0.4, 0.5) is 0 Å². The number of aromatic nitrogens is 1. The maximum Gasteiger partial charge on any atom is 0.0992 e. The number of halogens is 1. The van der Waals surface area contributed by atoms with E-state index in [0.29, 0.717) is 0 Å². The van der Waals surface area contributed by atoms with E-state index in [2.05, 4.69) is 25.8 Å². The van der Waals surface area contributed by atoms with Gasteiger partial charge in [0.2, 0.25) is 0 Å². The molecule has 74 valence electrons. The maximum absolute atomic E-state index is 5.92. The molecule has 0 amide bonds. The van der Waals surface area contributed by atoms with Crippen molar-refractivity contribution in [1.29, 1.82) is 0 Å². The standard InChI is InChI=1S/C11H12ClNS/c1-11(2,3)10-13-8-5-4-7(12)6-9(8)14-10/h4-6H,1-3H3. The Labute approximate surface area is 92.7 Å². The van der Waals surface area contributed by atoms with Gasteiger partial charge in [0, 0.05) is 10.4 Å². The fourth-order valence-corrected chi connectivity index (χ4v) is 2.52. The Kier molecular flexibility index (Phi) is 2.28. The molecule has 1 nitrogen and oxygen atoms in total. The van der Waals surface area contributed by atoms with E-state index < -0.39 is 0 Å². The molecule has 0 N–H and O–H groups in total. The summed E-state index contributed by atoms with van der Waals surface area (Å²) in [6.07, 6.45) is 0. The van der Waals surface area contributed by atoms with Gasteiger partial charge in [-0.1, -0.05) is 32.4 Å². The molecule has 0 radical (unpaired) electrons. The summed E-state index contributed by atoms with van der Waals surface area (Å²) in [6, 6.07) is 5.84. The predicted octanol–water partition coefficient (Wildman–Crippen LogP) is 4.25. The first-order valence-electron chi connectivity index (χ1n) is 4.53. The third-order valence-electron chi connectivity index (χ3n) is 1.99. The van der Waals surface area contributed by atoms with Crippen molar-refractivity contribution in [3.8, 4) is 0 Å². The molecule has 1 heterocycles. The normalized spacial score (nSPS) is 12.3. The van der Waals surface area contributed by atoms with Crippen LogP contribution in [0.2, 0.25) is 5.02 Å². The van der Waals surface area contributed by atoms with E-state index in [0.717, 1.165) is 15.5 Å². The molecule has 0 saturated heterocycles. The summed E-state index contributed by atoms with van der Waals surface area (Å²) >= 11 is 7.64. The van der Waals surface area contributed by atoms with Gasteiger partial charge in [0.25, 0.3) is 0 Å². The van der Waals surface area contributed by atoms with Gasteiger partial charge in [0.15, 0.2) is 0 Å². The van der Waals surface area contributed by atoms with Crippen LogP contribution < -0.4 is 0 Å². The van der Waals surface area contributed by atoms with E-state index in [-0.39, 0.29) is 5.41 Å². The Morgan fingerprint density at radius 2 is 2.00 bits per heavy atom. The van der Waals surface area contributed by atoms with Crippen molar-refractivity contribution in [1.82, 2.24) is 4.98 Å². The van der Waals surface area contributed by atoms with Crippen LogP contribution in [0.5, 0.6) is 0 Å². The van der Waals surface area contributed by atoms with E-state index >= 15 is 0 Å². The molecule has 14 heavy (non-hydrogen) atoms. The molecule has 0 saturated carbocycles. The first kappa shape index (κ1) is 9.94. The minimum Gasteiger partial charge on any atom is -0.241 e. The Hall–Kier alpha value is -0.600. The zero-order valence-electron chi connectivity index (χ0n) is 8.47. The van der Waals surface area contributed by atoms with Crippen molar-refractivity contribution in [2.45, 2.75) is 26.2 Å². The van der Waals surface area contributed by atoms with Crippen LogP contribution in [0.15, 0.2) is 18.2 Å². The summed E-state index contributed by atoms with van der Waals surface area (Å²) in [4.78, 5) is 4.58. The SMILES string of the molecule is CC(C)(C)c1nc2ccc(Cl)cc2s1. The van der Waals surface area contributed by atoms with E-state index in [1.165, 1.54) is 4.70 Å². The van der Waals surface area contributed by atoms with Crippen molar-refractivity contribution in [2.75, 3.05) is 0 Å². The van der Waals surface area contributed by atoms with Crippen LogP contribution in [0.1, 0.15) is 25.8 Å². The highest BCUT2D eigenvalue weighted by molar-refractivity contribution is 7.18. The van der Waals surface area contributed by atoms with Gasteiger partial charge in [-0.2, -0.15) is 0 Å². The van der Waals surface area contributed by atoms with Crippen molar-refractivity contribution < 1.29 is 0 Å². The lowest BCUT2D eigenvalue weighted by Crippen LogP contribution is -2.09. The molecule has 0 bridgehead atoms. The van der Waals surface area contributed by atoms with Gasteiger partial charge < -0.3 is 0 Å². The fraction of sp³-hybridized carbons (Fsp3) is 0.364. The van der Waals surface area contributed by atoms with Gasteiger partial charge in [-0.3, -0.25) is 0 Å². The van der Waals surface area contributed by atoms with E-state index in [4.69, 9.17) is 11.6 Å². The summed E-state index contributed by atoms with van der Waals surface area (Å²) in [5.41, 5.74) is 1.17. The predicted molar refractivity (Wildman–Crippen MR) is 63.3 cm³/mol. The number of rotatable bonds is 0. The lowest BCUT2D eigenvalue weighted by molar-refractivity contribution is 0.587. The monoisotopic (exact) mass is 225 g/mol. The molecule has 1 aromatic heterocycles. The highest BCUT2D eigenvalue weighted by atomic mass is 35.5. The Bertz CT molecular complexity index is 468. The van der Waals surface area contributed by atoms with E-state index in [1.807, 2.05) is 18.2 Å². The van der Waals surface area contributed by atoms with Crippen molar-refractivity contribution in [3.05, 3.63) is 28.2 Å². The molecule has 2 aromatic rings. The summed E-state index contributed by atoms with van der Waals surface area (Å²) in [7, 11) is 0. The summed E-state index contributed by atoms with van der Waals surface area (Å²) < 4.78 is 1.17. The zero-order valence-corrected chi connectivity index (χ0v) is 10.0. The number of hydrogen-bond acceptors (Lipinski definition) is 2. The average Bonchev–Trinajstić information content (AvgIpc) is 2.45. The second-order valence-electron chi connectivity index (χ2n) is 4.38. The van der Waals surface area contributed by atoms with Crippen LogP contribution in [0.25, 0.3) is 10.2 Å². The quantitative estimate of drug-likeness (QED) is 0.653. The molecular formula is C11H12ClNS. The van der Waals surface area contributed by atoms with Gasteiger partial charge in [-0.25, -0.2) is 4.98 Å². The zero-order chi connectivity index (χ0) is 10.3. The largest absolute Gasteiger partial charge is 0.241 e. The molecular weight excluding hydrogens is 214 g/mol. The van der Waals surface area contributed by atoms with Crippen molar-refractivity contribution in [2.24, 2.45) is 0 Å². The minimum absolute atomic E-state index is 0.121. The number of thiazole rings is 1. The topological polar surface area (TPSA) is 12.9 Å². The van der Waals surface area contributed by atoms with Crippen LogP contribution in [-0.4, -0.2) is 4.98 Å². The minimum atomic E-state index is 0.121. The van der Waals surface area contributed by atoms with Crippen LogP contribution >= 0.6 is 22.9 Å². The maximum atomic E-state index is 5.92. The summed E-state index contributed by atoms with van der Waals surface area (Å²) in [6.45, 7) is 6.52. The van der Waals surface area contributed by atoms with Gasteiger partial charge >= 0.3 is 0 Å². The molecule has 0 fully saturated rings. The van der Waals surface area contributed by atoms with Gasteiger partial charge in [-0.15, -0.1) is 11.3 Å². The third-order valence-corrected chi connectivity index (χ3v) is 3.67. The molecule has 0 aliphatic carbocycles. The van der Waals surface area contributed by atoms with Crippen LogP contribution in [0.3, 0.4) is 0 Å². The number of benzene rings is 1. The lowest BCUT2D eigenvalue weighted by atomic mass is 9.98. The molecule has 1 aromatic carbocycles. The van der Waals surface area contributed by atoms with Gasteiger partial charge in [0.05, 0.1) is 15.2 Å². The van der Waals surface area contributed by atoms with E-state index in [9.17, 15) is 0 Å². The number of fused-ring (bicyclic) bond motifs is 1. The third kappa shape index (κ3) is 1.77. The van der Waals surface area contributed by atoms with Crippen LogP contribution in [-0.2, 0) is 5.41 Å². The molecule has 0 unspecified atom stereocenters. The van der Waals surface area contributed by atoms with Crippen molar-refractivity contribution in [3.63, 3.8) is 0 Å². The van der Waals surface area contributed by atoms with Crippen molar-refractivity contribution >= 4 is 33.2 Å². The first-order valence-corrected chi connectivity index (χ1v) is 5.73. The Morgan fingerprint density at radius 3 is 2.64 bits per heavy atom. The molecule has 0 aliphatic heterocycles. The highest BCUT2D eigenvalue weighted by Crippen LogP contribution is 2.32. The van der Waals surface area contributed by atoms with Crippen LogP contribution in [0, 0.1) is 0 Å². The second kappa shape index (κ2) is 3.21. The molecule has 2 rings (SSSR count). The first-order chi connectivity index (χ1) is 6.47. The van der Waals surface area contributed by atoms with E-state index in [1.54, 1.807) is 11.3 Å². The summed E-state index contributed by atoms with van der Waals surface area (Å²) in [5.74, 6) is 0. The molecule has 3 heteroatoms. The average molecular weight is 226 g/mol. The Morgan fingerprint density at radius 1 is 1.29 bits per heavy atom. The highest BCUT2D eigenvalue weighted by Gasteiger charge is 2.18. The summed E-state index contributed by atoms with van der Waals surface area (Å²) in [5, 5.41) is 1.94. The smallest absolute Gasteiger partial charge is 0.0992 e. The fourth-order valence-electron chi connectivity index (χ4n) is 1.22. The number of hydrogen-bond donors (Lipinski definition) is 0. The van der Waals surface area contributed by atoms with Gasteiger partial charge in [-0.05, 0) is 18.2 Å². The second-order valence-corrected chi connectivity index (χ2v) is 5.85. The Balaban J connectivity index is 2.63. The molecule has 0 spiro atoms. The molecule has 0 aliphatic rings. The molecule has 0 atom stereocenters. The lowest BCUT2D eigenvalue weighted by Gasteiger charge is -2.13. The van der Waals surface area contributed by atoms with Gasteiger partial charge in [0.1, 0.15) is 0 Å². The number of nitrogens with zero attached hydrogens (tertiary/aromatic N) is 1.